The summed E-state index contributed by atoms with van der Waals surface area (Å²) in [6.07, 6.45) is -2.92. The Kier molecular flexibility index (Phi) is 13.4. The number of hydrogen-bond donors (Lipinski definition) is 1. The van der Waals surface area contributed by atoms with Crippen molar-refractivity contribution in [1.82, 2.24) is 0 Å². The molecule has 0 aromatic heterocycles. The molecule has 15 heteroatoms. The molecule has 3 rings (SSSR count). The van der Waals surface area contributed by atoms with Crippen LogP contribution in [-0.4, -0.2) is 92.6 Å². The summed E-state index contributed by atoms with van der Waals surface area (Å²) >= 11 is 0. The lowest BCUT2D eigenvalue weighted by Gasteiger charge is -2.43. The van der Waals surface area contributed by atoms with Gasteiger partial charge in [-0.15, -0.1) is 0 Å². The van der Waals surface area contributed by atoms with Crippen LogP contribution in [0, 0.1) is 0 Å². The lowest BCUT2D eigenvalue weighted by atomic mass is 9.97. The van der Waals surface area contributed by atoms with E-state index in [9.17, 15) is 33.9 Å². The maximum absolute atomic E-state index is 12.7. The van der Waals surface area contributed by atoms with Crippen molar-refractivity contribution < 1.29 is 71.8 Å². The number of allylic oxidation sites excluding steroid dienone is 2. The number of carbonyl (C=O) groups excluding carboxylic acids is 6. The van der Waals surface area contributed by atoms with Gasteiger partial charge in [0.25, 0.3) is 0 Å². The molecule has 1 heterocycles. The first kappa shape index (κ1) is 37.8. The molecule has 15 nitrogen and oxygen atoms in total. The van der Waals surface area contributed by atoms with E-state index in [1.54, 1.807) is 6.07 Å². The molecule has 5 atom stereocenters. The zero-order chi connectivity index (χ0) is 36.2. The first-order valence-electron chi connectivity index (χ1n) is 14.6. The summed E-state index contributed by atoms with van der Waals surface area (Å²) in [6, 6.07) is 9.00. The van der Waals surface area contributed by atoms with Gasteiger partial charge in [0.05, 0.1) is 27.8 Å². The Morgan fingerprint density at radius 3 is 1.73 bits per heavy atom. The molecular formula is C34H36O15. The highest BCUT2D eigenvalue weighted by Crippen LogP contribution is 2.35. The predicted octanol–water partition coefficient (Wildman–Crippen LogP) is 2.74. The Bertz CT molecular complexity index is 1630. The van der Waals surface area contributed by atoms with Crippen LogP contribution in [-0.2, 0) is 52.5 Å². The molecule has 1 aliphatic heterocycles. The van der Waals surface area contributed by atoms with Gasteiger partial charge in [-0.3, -0.25) is 24.0 Å². The Balaban J connectivity index is 1.81. The van der Waals surface area contributed by atoms with E-state index < -0.39 is 72.6 Å². The fourth-order valence-corrected chi connectivity index (χ4v) is 4.65. The lowest BCUT2D eigenvalue weighted by Crippen LogP contribution is -2.64. The molecular weight excluding hydrogens is 648 g/mol. The maximum Gasteiger partial charge on any atom is 0.339 e. The van der Waals surface area contributed by atoms with Crippen molar-refractivity contribution >= 4 is 47.6 Å². The molecule has 0 bridgehead atoms. The largest absolute Gasteiger partial charge is 0.504 e. The zero-order valence-electron chi connectivity index (χ0n) is 27.5. The van der Waals surface area contributed by atoms with Crippen molar-refractivity contribution in [2.24, 2.45) is 0 Å². The van der Waals surface area contributed by atoms with Crippen molar-refractivity contribution in [2.45, 2.75) is 57.9 Å². The molecule has 0 aliphatic carbocycles. The number of ether oxygens (including phenoxy) is 8. The molecule has 49 heavy (non-hydrogen) atoms. The van der Waals surface area contributed by atoms with Gasteiger partial charge in [0, 0.05) is 20.8 Å². The van der Waals surface area contributed by atoms with Crippen molar-refractivity contribution in [1.29, 1.82) is 0 Å². The average Bonchev–Trinajstić information content (AvgIpc) is 3.05. The number of aromatic hydroxyl groups is 1. The molecule has 2 aromatic carbocycles. The molecule has 0 radical (unpaired) electrons. The summed E-state index contributed by atoms with van der Waals surface area (Å²) in [5, 5.41) is 9.70. The minimum Gasteiger partial charge on any atom is -0.504 e. The third kappa shape index (κ3) is 10.7. The van der Waals surface area contributed by atoms with E-state index in [0.717, 1.165) is 27.9 Å². The molecule has 0 amide bonds. The van der Waals surface area contributed by atoms with Gasteiger partial charge >= 0.3 is 23.9 Å². The van der Waals surface area contributed by atoms with Crippen LogP contribution in [0.15, 0.2) is 48.6 Å². The van der Waals surface area contributed by atoms with Gasteiger partial charge in [-0.2, -0.15) is 0 Å². The first-order chi connectivity index (χ1) is 23.3. The molecule has 1 N–H and O–H groups in total. The van der Waals surface area contributed by atoms with Crippen molar-refractivity contribution in [3.05, 3.63) is 59.7 Å². The van der Waals surface area contributed by atoms with E-state index in [1.807, 2.05) is 0 Å². The van der Waals surface area contributed by atoms with Gasteiger partial charge in [0.15, 0.2) is 52.9 Å². The lowest BCUT2D eigenvalue weighted by molar-refractivity contribution is -0.282. The number of benzene rings is 2. The van der Waals surface area contributed by atoms with Crippen LogP contribution in [0.1, 0.15) is 38.3 Å². The predicted molar refractivity (Wildman–Crippen MR) is 168 cm³/mol. The fourth-order valence-electron chi connectivity index (χ4n) is 4.65. The molecule has 1 saturated heterocycles. The Labute approximate surface area is 281 Å². The Hall–Kier alpha value is -5.70. The quantitative estimate of drug-likeness (QED) is 0.132. The number of phenolic OH excluding ortho intramolecular Hbond substituents is 1. The number of phenols is 1. The number of rotatable bonds is 14. The minimum atomic E-state index is -1.66. The van der Waals surface area contributed by atoms with Crippen LogP contribution in [0.5, 0.6) is 23.0 Å². The summed E-state index contributed by atoms with van der Waals surface area (Å²) in [6.45, 7) is 3.20. The highest BCUT2D eigenvalue weighted by Gasteiger charge is 2.56. The summed E-state index contributed by atoms with van der Waals surface area (Å²) in [5.74, 6) is -4.13. The molecule has 0 unspecified atom stereocenters. The van der Waals surface area contributed by atoms with Gasteiger partial charge < -0.3 is 43.0 Å². The average molecular weight is 685 g/mol. The zero-order valence-corrected chi connectivity index (χ0v) is 27.5. The van der Waals surface area contributed by atoms with E-state index in [-0.39, 0.29) is 23.0 Å². The maximum atomic E-state index is 12.7. The number of hydrogen-bond acceptors (Lipinski definition) is 15. The van der Waals surface area contributed by atoms with Crippen LogP contribution in [0.3, 0.4) is 0 Å². The molecule has 1 aliphatic rings. The first-order valence-corrected chi connectivity index (χ1v) is 14.6. The standard InChI is InChI=1S/C34H36O15/c1-18(35)45-29-30(46-19(2)36)32(47-20(3)37)34(49-31(29)33(41)44-6)48-26-14-10-22(16-28(26)43-5)8-12-24(39)17-23(38)11-7-21-9-13-25(40)27(15-21)42-4/h7-16,29-32,34,40H,17H2,1-6H3/b11-7+,12-8+/t29-,30-,31-,32+,34+/m0/s1. The topological polar surface area (TPSA) is 196 Å². The highest BCUT2D eigenvalue weighted by molar-refractivity contribution is 6.10. The SMILES string of the molecule is COC(=O)[C@H]1O[C@@H](Oc2ccc(/C=C/C(=O)CC(=O)/C=C/c3ccc(O)c(OC)c3)cc2OC)[C@H](OC(C)=O)[C@@H](OC(C)=O)[C@@H]1OC(C)=O. The van der Waals surface area contributed by atoms with Gasteiger partial charge in [0.2, 0.25) is 12.4 Å². The number of methoxy groups -OCH3 is 3. The summed E-state index contributed by atoms with van der Waals surface area (Å²) in [7, 11) is 3.79. The third-order valence-corrected chi connectivity index (χ3v) is 6.74. The summed E-state index contributed by atoms with van der Waals surface area (Å²) in [5.41, 5.74) is 1.06. The van der Waals surface area contributed by atoms with Gasteiger partial charge in [-0.05, 0) is 47.5 Å². The fraction of sp³-hybridized carbons (Fsp3) is 0.353. The second kappa shape index (κ2) is 17.5. The van der Waals surface area contributed by atoms with Crippen LogP contribution >= 0.6 is 0 Å². The normalized spacial score (nSPS) is 20.2. The van der Waals surface area contributed by atoms with E-state index in [4.69, 9.17) is 37.9 Å². The molecule has 1 fully saturated rings. The molecule has 0 spiro atoms. The minimum absolute atomic E-state index is 0.0235. The number of ketones is 2. The van der Waals surface area contributed by atoms with Crippen molar-refractivity contribution in [2.75, 3.05) is 21.3 Å². The third-order valence-electron chi connectivity index (χ3n) is 6.74. The Morgan fingerprint density at radius 1 is 0.694 bits per heavy atom. The second-order valence-electron chi connectivity index (χ2n) is 10.4. The van der Waals surface area contributed by atoms with Crippen LogP contribution in [0.2, 0.25) is 0 Å². The van der Waals surface area contributed by atoms with Crippen molar-refractivity contribution in [3.8, 4) is 23.0 Å². The molecule has 262 valence electrons. The number of carbonyl (C=O) groups is 6. The molecule has 2 aromatic rings. The van der Waals surface area contributed by atoms with E-state index >= 15 is 0 Å². The summed E-state index contributed by atoms with van der Waals surface area (Å²) in [4.78, 5) is 73.5. The van der Waals surface area contributed by atoms with Crippen molar-refractivity contribution in [3.63, 3.8) is 0 Å². The van der Waals surface area contributed by atoms with Crippen LogP contribution in [0.4, 0.5) is 0 Å². The second-order valence-corrected chi connectivity index (χ2v) is 10.4. The monoisotopic (exact) mass is 684 g/mol. The van der Waals surface area contributed by atoms with E-state index in [1.165, 1.54) is 68.9 Å². The van der Waals surface area contributed by atoms with Crippen LogP contribution < -0.4 is 14.2 Å². The highest BCUT2D eigenvalue weighted by atomic mass is 16.7. The summed E-state index contributed by atoms with van der Waals surface area (Å²) < 4.78 is 43.0. The Morgan fingerprint density at radius 2 is 1.20 bits per heavy atom. The smallest absolute Gasteiger partial charge is 0.339 e. The van der Waals surface area contributed by atoms with Gasteiger partial charge in [-0.25, -0.2) is 4.79 Å². The number of esters is 4. The molecule has 0 saturated carbocycles. The van der Waals surface area contributed by atoms with E-state index in [0.29, 0.717) is 11.1 Å². The van der Waals surface area contributed by atoms with E-state index in [2.05, 4.69) is 0 Å². The van der Waals surface area contributed by atoms with Crippen LogP contribution in [0.25, 0.3) is 12.2 Å². The van der Waals surface area contributed by atoms with Gasteiger partial charge in [0.1, 0.15) is 0 Å². The van der Waals surface area contributed by atoms with Gasteiger partial charge in [-0.1, -0.05) is 24.3 Å².